The molecule has 0 aliphatic rings. The van der Waals surface area contributed by atoms with Gasteiger partial charge in [0.05, 0.1) is 18.5 Å². The highest BCUT2D eigenvalue weighted by Crippen LogP contribution is 2.22. The molecule has 2 aromatic rings. The van der Waals surface area contributed by atoms with Gasteiger partial charge in [0.15, 0.2) is 0 Å². The van der Waals surface area contributed by atoms with Gasteiger partial charge in [0.25, 0.3) is 0 Å². The van der Waals surface area contributed by atoms with E-state index in [1.54, 1.807) is 24.4 Å². The van der Waals surface area contributed by atoms with E-state index in [-0.39, 0.29) is 25.4 Å². The van der Waals surface area contributed by atoms with Gasteiger partial charge in [0.1, 0.15) is 0 Å². The van der Waals surface area contributed by atoms with Crippen molar-refractivity contribution in [2.45, 2.75) is 33.7 Å². The maximum Gasteiger partial charge on any atom is 0.225 e. The molecule has 0 saturated heterocycles. The average molecular weight is 375 g/mol. The second kappa shape index (κ2) is 8.42. The second-order valence-electron chi connectivity index (χ2n) is 6.49. The molecule has 0 atom stereocenters. The molecule has 0 saturated carbocycles. The first-order valence-electron chi connectivity index (χ1n) is 8.39. The van der Waals surface area contributed by atoms with Crippen LogP contribution in [-0.4, -0.2) is 36.4 Å². The summed E-state index contributed by atoms with van der Waals surface area (Å²) in [5.41, 5.74) is 4.55. The topological polar surface area (TPSA) is 79.4 Å². The van der Waals surface area contributed by atoms with Gasteiger partial charge in [-0.15, -0.1) is 0 Å². The number of sulfonamides is 1. The molecule has 0 unspecified atom stereocenters. The molecular weight excluding hydrogens is 350 g/mol. The van der Waals surface area contributed by atoms with Crippen LogP contribution in [0, 0.1) is 20.8 Å². The summed E-state index contributed by atoms with van der Waals surface area (Å²) in [6, 6.07) is 9.35. The van der Waals surface area contributed by atoms with E-state index in [1.165, 1.54) is 4.31 Å². The maximum absolute atomic E-state index is 12.3. The third kappa shape index (κ3) is 5.64. The number of hydrogen-bond acceptors (Lipinski definition) is 4. The Kier molecular flexibility index (Phi) is 6.50. The molecule has 0 aliphatic carbocycles. The lowest BCUT2D eigenvalue weighted by atomic mass is 10.1. The quantitative estimate of drug-likeness (QED) is 0.807. The molecule has 0 spiro atoms. The van der Waals surface area contributed by atoms with Gasteiger partial charge in [-0.2, -0.15) is 4.31 Å². The van der Waals surface area contributed by atoms with Gasteiger partial charge in [-0.1, -0.05) is 23.8 Å². The molecule has 7 heteroatoms. The lowest BCUT2D eigenvalue weighted by Crippen LogP contribution is -2.33. The normalized spacial score (nSPS) is 11.6. The van der Waals surface area contributed by atoms with Crippen molar-refractivity contribution in [3.63, 3.8) is 0 Å². The van der Waals surface area contributed by atoms with E-state index in [0.29, 0.717) is 5.69 Å². The van der Waals surface area contributed by atoms with Crippen LogP contribution in [0.5, 0.6) is 0 Å². The van der Waals surface area contributed by atoms with Crippen molar-refractivity contribution in [1.29, 1.82) is 0 Å². The van der Waals surface area contributed by atoms with Gasteiger partial charge in [0, 0.05) is 24.8 Å². The largest absolute Gasteiger partial charge is 0.326 e. The number of hydrogen-bond donors (Lipinski definition) is 1. The number of nitrogens with one attached hydrogen (secondary N) is 1. The van der Waals surface area contributed by atoms with Gasteiger partial charge in [-0.05, 0) is 44.0 Å². The van der Waals surface area contributed by atoms with Crippen molar-refractivity contribution in [2.75, 3.05) is 18.1 Å². The zero-order chi connectivity index (χ0) is 19.3. The molecular formula is C19H25N3O3S. The van der Waals surface area contributed by atoms with E-state index < -0.39 is 10.0 Å². The van der Waals surface area contributed by atoms with Crippen LogP contribution in [0.25, 0.3) is 0 Å². The van der Waals surface area contributed by atoms with Gasteiger partial charge in [-0.25, -0.2) is 8.42 Å². The van der Waals surface area contributed by atoms with E-state index in [9.17, 15) is 13.2 Å². The SMILES string of the molecule is Cc1cc(C)c(NC(=O)CCN(Cc2ccccn2)S(C)(=O)=O)c(C)c1. The van der Waals surface area contributed by atoms with Gasteiger partial charge < -0.3 is 5.32 Å². The number of benzene rings is 1. The second-order valence-corrected chi connectivity index (χ2v) is 8.47. The third-order valence-corrected chi connectivity index (χ3v) is 5.31. The number of rotatable bonds is 7. The fourth-order valence-electron chi connectivity index (χ4n) is 2.84. The molecule has 2 rings (SSSR count). The minimum atomic E-state index is -3.44. The highest BCUT2D eigenvalue weighted by molar-refractivity contribution is 7.88. The van der Waals surface area contributed by atoms with Gasteiger partial charge in [0.2, 0.25) is 15.9 Å². The molecule has 1 aromatic carbocycles. The Morgan fingerprint density at radius 1 is 1.15 bits per heavy atom. The lowest BCUT2D eigenvalue weighted by molar-refractivity contribution is -0.116. The van der Waals surface area contributed by atoms with Crippen LogP contribution in [0.1, 0.15) is 28.8 Å². The zero-order valence-corrected chi connectivity index (χ0v) is 16.4. The number of carbonyl (C=O) groups is 1. The Morgan fingerprint density at radius 3 is 2.35 bits per heavy atom. The molecule has 0 radical (unpaired) electrons. The highest BCUT2D eigenvalue weighted by Gasteiger charge is 2.19. The molecule has 6 nitrogen and oxygen atoms in total. The zero-order valence-electron chi connectivity index (χ0n) is 15.6. The molecule has 1 aromatic heterocycles. The molecule has 1 heterocycles. The molecule has 0 bridgehead atoms. The highest BCUT2D eigenvalue weighted by atomic mass is 32.2. The van der Waals surface area contributed by atoms with Gasteiger partial charge in [-0.3, -0.25) is 9.78 Å². The summed E-state index contributed by atoms with van der Waals surface area (Å²) in [6.45, 7) is 6.15. The maximum atomic E-state index is 12.3. The minimum absolute atomic E-state index is 0.0761. The fourth-order valence-corrected chi connectivity index (χ4v) is 3.63. The monoisotopic (exact) mass is 375 g/mol. The Balaban J connectivity index is 2.03. The van der Waals surface area contributed by atoms with Crippen LogP contribution >= 0.6 is 0 Å². The van der Waals surface area contributed by atoms with Crippen LogP contribution in [0.3, 0.4) is 0 Å². The Morgan fingerprint density at radius 2 is 1.81 bits per heavy atom. The number of nitrogens with zero attached hydrogens (tertiary/aromatic N) is 2. The van der Waals surface area contributed by atoms with Crippen molar-refractivity contribution in [1.82, 2.24) is 9.29 Å². The first-order valence-corrected chi connectivity index (χ1v) is 10.2. The number of pyridine rings is 1. The smallest absolute Gasteiger partial charge is 0.225 e. The summed E-state index contributed by atoms with van der Waals surface area (Å²) in [7, 11) is -3.44. The summed E-state index contributed by atoms with van der Waals surface area (Å²) in [5.74, 6) is -0.213. The average Bonchev–Trinajstić information content (AvgIpc) is 2.54. The Hall–Kier alpha value is -2.25. The number of anilines is 1. The Labute approximate surface area is 155 Å². The number of amides is 1. The molecule has 0 fully saturated rings. The van der Waals surface area contributed by atoms with E-state index in [2.05, 4.69) is 10.3 Å². The molecule has 0 aliphatic heterocycles. The van der Waals surface area contributed by atoms with E-state index >= 15 is 0 Å². The van der Waals surface area contributed by atoms with Crippen molar-refractivity contribution in [3.05, 3.63) is 58.9 Å². The predicted molar refractivity (Wildman–Crippen MR) is 103 cm³/mol. The summed E-state index contributed by atoms with van der Waals surface area (Å²) in [5, 5.41) is 2.90. The fraction of sp³-hybridized carbons (Fsp3) is 0.368. The van der Waals surface area contributed by atoms with Crippen LogP contribution in [-0.2, 0) is 21.4 Å². The standard InChI is InChI=1S/C19H25N3O3S/c1-14-11-15(2)19(16(3)12-14)21-18(23)8-10-22(26(4,24)25)13-17-7-5-6-9-20-17/h5-7,9,11-12H,8,10,13H2,1-4H3,(H,21,23). The van der Waals surface area contributed by atoms with Crippen LogP contribution in [0.15, 0.2) is 36.5 Å². The van der Waals surface area contributed by atoms with E-state index in [0.717, 1.165) is 28.6 Å². The van der Waals surface area contributed by atoms with Crippen molar-refractivity contribution in [2.24, 2.45) is 0 Å². The first kappa shape index (κ1) is 20.1. The van der Waals surface area contributed by atoms with Crippen LogP contribution < -0.4 is 5.32 Å². The lowest BCUT2D eigenvalue weighted by Gasteiger charge is -2.20. The predicted octanol–water partition coefficient (Wildman–Crippen LogP) is 2.80. The van der Waals surface area contributed by atoms with Crippen molar-refractivity contribution >= 4 is 21.6 Å². The first-order chi connectivity index (χ1) is 12.2. The molecule has 140 valence electrons. The van der Waals surface area contributed by atoms with Gasteiger partial charge >= 0.3 is 0 Å². The van der Waals surface area contributed by atoms with E-state index in [1.807, 2.05) is 32.9 Å². The summed E-state index contributed by atoms with van der Waals surface area (Å²) >= 11 is 0. The van der Waals surface area contributed by atoms with Crippen molar-refractivity contribution in [3.8, 4) is 0 Å². The third-order valence-electron chi connectivity index (χ3n) is 4.06. The van der Waals surface area contributed by atoms with Crippen molar-refractivity contribution < 1.29 is 13.2 Å². The van der Waals surface area contributed by atoms with E-state index in [4.69, 9.17) is 0 Å². The molecule has 26 heavy (non-hydrogen) atoms. The molecule has 1 N–H and O–H groups in total. The summed E-state index contributed by atoms with van der Waals surface area (Å²) in [4.78, 5) is 16.5. The summed E-state index contributed by atoms with van der Waals surface area (Å²) < 4.78 is 25.3. The minimum Gasteiger partial charge on any atom is -0.326 e. The summed E-state index contributed by atoms with van der Waals surface area (Å²) in [6.07, 6.45) is 2.83. The number of aromatic nitrogens is 1. The number of carbonyl (C=O) groups excluding carboxylic acids is 1. The number of aryl methyl sites for hydroxylation is 3. The Bertz CT molecular complexity index is 857. The molecule has 1 amide bonds. The van der Waals surface area contributed by atoms with Crippen LogP contribution in [0.2, 0.25) is 0 Å². The van der Waals surface area contributed by atoms with Crippen LogP contribution in [0.4, 0.5) is 5.69 Å².